The van der Waals surface area contributed by atoms with Crippen molar-refractivity contribution in [2.75, 3.05) is 11.4 Å². The van der Waals surface area contributed by atoms with Crippen LogP contribution in [0, 0.1) is 5.82 Å². The fourth-order valence-corrected chi connectivity index (χ4v) is 1.88. The molecular formula is C12H12FNO2. The lowest BCUT2D eigenvalue weighted by Crippen LogP contribution is -2.24. The van der Waals surface area contributed by atoms with Crippen molar-refractivity contribution < 1.29 is 14.3 Å². The van der Waals surface area contributed by atoms with Gasteiger partial charge in [0.05, 0.1) is 5.57 Å². The predicted molar refractivity (Wildman–Crippen MR) is 58.8 cm³/mol. The normalized spacial score (nSPS) is 14.4. The molecule has 0 saturated carbocycles. The fraction of sp³-hybridized carbons (Fsp3) is 0.250. The minimum Gasteiger partial charge on any atom is -0.478 e. The molecule has 0 radical (unpaired) electrons. The minimum atomic E-state index is -0.951. The Bertz CT molecular complexity index is 468. The first kappa shape index (κ1) is 10.7. The number of hydrogen-bond acceptors (Lipinski definition) is 2. The molecule has 1 aromatic rings. The van der Waals surface area contributed by atoms with Crippen molar-refractivity contribution in [2.45, 2.75) is 13.3 Å². The van der Waals surface area contributed by atoms with Crippen LogP contribution in [0.3, 0.4) is 0 Å². The summed E-state index contributed by atoms with van der Waals surface area (Å²) in [4.78, 5) is 12.7. The number of carboxylic acids is 1. The van der Waals surface area contributed by atoms with Crippen LogP contribution in [0.4, 0.5) is 10.1 Å². The van der Waals surface area contributed by atoms with Gasteiger partial charge < -0.3 is 10.0 Å². The van der Waals surface area contributed by atoms with Gasteiger partial charge in [-0.15, -0.1) is 0 Å². The van der Waals surface area contributed by atoms with E-state index in [1.165, 1.54) is 12.1 Å². The van der Waals surface area contributed by atoms with E-state index in [9.17, 15) is 9.18 Å². The second-order valence-corrected chi connectivity index (χ2v) is 3.70. The van der Waals surface area contributed by atoms with Gasteiger partial charge in [0.1, 0.15) is 5.82 Å². The van der Waals surface area contributed by atoms with Gasteiger partial charge in [0, 0.05) is 24.9 Å². The summed E-state index contributed by atoms with van der Waals surface area (Å²) in [5.74, 6) is -1.28. The van der Waals surface area contributed by atoms with Crippen LogP contribution in [-0.2, 0) is 11.2 Å². The van der Waals surface area contributed by atoms with Crippen LogP contribution in [0.15, 0.2) is 30.0 Å². The molecular weight excluding hydrogens is 209 g/mol. The van der Waals surface area contributed by atoms with Crippen molar-refractivity contribution in [1.29, 1.82) is 0 Å². The Balaban J connectivity index is 2.46. The molecule has 1 aliphatic heterocycles. The summed E-state index contributed by atoms with van der Waals surface area (Å²) < 4.78 is 13.1. The predicted octanol–water partition coefficient (Wildman–Crippen LogP) is 2.18. The molecule has 0 atom stereocenters. The molecule has 84 valence electrons. The van der Waals surface area contributed by atoms with Gasteiger partial charge in [-0.05, 0) is 30.7 Å². The van der Waals surface area contributed by atoms with E-state index in [0.717, 1.165) is 11.3 Å². The quantitative estimate of drug-likeness (QED) is 0.832. The standard InChI is InChI=1S/C12H12FNO2/c1-2-14-7-9(12(15)16)5-8-6-10(13)3-4-11(8)14/h3-4,6-7H,2,5H2,1H3,(H,15,16). The van der Waals surface area contributed by atoms with Gasteiger partial charge in [0.2, 0.25) is 0 Å². The number of fused-ring (bicyclic) bond motifs is 1. The lowest BCUT2D eigenvalue weighted by molar-refractivity contribution is -0.132. The molecule has 1 N–H and O–H groups in total. The number of rotatable bonds is 2. The Morgan fingerprint density at radius 2 is 2.31 bits per heavy atom. The molecule has 2 rings (SSSR count). The van der Waals surface area contributed by atoms with E-state index in [1.807, 2.05) is 11.8 Å². The highest BCUT2D eigenvalue weighted by Crippen LogP contribution is 2.29. The molecule has 3 nitrogen and oxygen atoms in total. The highest BCUT2D eigenvalue weighted by atomic mass is 19.1. The van der Waals surface area contributed by atoms with E-state index in [-0.39, 0.29) is 12.2 Å². The van der Waals surface area contributed by atoms with Gasteiger partial charge >= 0.3 is 5.97 Å². The second kappa shape index (κ2) is 3.96. The monoisotopic (exact) mass is 221 g/mol. The smallest absolute Gasteiger partial charge is 0.333 e. The third-order valence-corrected chi connectivity index (χ3v) is 2.66. The van der Waals surface area contributed by atoms with Crippen molar-refractivity contribution in [3.8, 4) is 0 Å². The second-order valence-electron chi connectivity index (χ2n) is 3.70. The van der Waals surface area contributed by atoms with Crippen LogP contribution in [-0.4, -0.2) is 17.6 Å². The zero-order valence-corrected chi connectivity index (χ0v) is 8.90. The van der Waals surface area contributed by atoms with Crippen molar-refractivity contribution in [1.82, 2.24) is 0 Å². The maximum atomic E-state index is 13.1. The van der Waals surface area contributed by atoms with Gasteiger partial charge in [-0.1, -0.05) is 0 Å². The number of nitrogens with zero attached hydrogens (tertiary/aromatic N) is 1. The number of hydrogen-bond donors (Lipinski definition) is 1. The van der Waals surface area contributed by atoms with Gasteiger partial charge in [0.25, 0.3) is 0 Å². The summed E-state index contributed by atoms with van der Waals surface area (Å²) in [7, 11) is 0. The number of halogens is 1. The Kier molecular flexibility index (Phi) is 2.64. The highest BCUT2D eigenvalue weighted by Gasteiger charge is 2.20. The van der Waals surface area contributed by atoms with Gasteiger partial charge in [-0.3, -0.25) is 0 Å². The van der Waals surface area contributed by atoms with Gasteiger partial charge in [0.15, 0.2) is 0 Å². The maximum absolute atomic E-state index is 13.1. The summed E-state index contributed by atoms with van der Waals surface area (Å²) in [6.07, 6.45) is 1.89. The Morgan fingerprint density at radius 1 is 1.56 bits per heavy atom. The fourth-order valence-electron chi connectivity index (χ4n) is 1.88. The Hall–Kier alpha value is -1.84. The SMILES string of the molecule is CCN1C=C(C(=O)O)Cc2cc(F)ccc21. The molecule has 0 aromatic heterocycles. The number of carbonyl (C=O) groups is 1. The zero-order chi connectivity index (χ0) is 11.7. The zero-order valence-electron chi connectivity index (χ0n) is 8.90. The molecule has 0 fully saturated rings. The maximum Gasteiger partial charge on any atom is 0.333 e. The van der Waals surface area contributed by atoms with E-state index >= 15 is 0 Å². The third kappa shape index (κ3) is 1.78. The first-order valence-corrected chi connectivity index (χ1v) is 5.11. The average Bonchev–Trinajstić information content (AvgIpc) is 2.26. The summed E-state index contributed by atoms with van der Waals surface area (Å²) >= 11 is 0. The van der Waals surface area contributed by atoms with Crippen LogP contribution in [0.5, 0.6) is 0 Å². The minimum absolute atomic E-state index is 0.277. The molecule has 1 heterocycles. The lowest BCUT2D eigenvalue weighted by atomic mass is 9.99. The van der Waals surface area contributed by atoms with Crippen molar-refractivity contribution in [2.24, 2.45) is 0 Å². The molecule has 0 unspecified atom stereocenters. The summed E-state index contributed by atoms with van der Waals surface area (Å²) in [6.45, 7) is 2.59. The summed E-state index contributed by atoms with van der Waals surface area (Å²) in [5.41, 5.74) is 1.90. The molecule has 0 spiro atoms. The van der Waals surface area contributed by atoms with E-state index in [1.54, 1.807) is 12.3 Å². The Labute approximate surface area is 92.8 Å². The van der Waals surface area contributed by atoms with E-state index in [0.29, 0.717) is 12.1 Å². The molecule has 1 aliphatic rings. The van der Waals surface area contributed by atoms with Crippen LogP contribution in [0.25, 0.3) is 0 Å². The van der Waals surface area contributed by atoms with Crippen LogP contribution < -0.4 is 4.90 Å². The van der Waals surface area contributed by atoms with Crippen LogP contribution in [0.1, 0.15) is 12.5 Å². The third-order valence-electron chi connectivity index (χ3n) is 2.66. The van der Waals surface area contributed by atoms with Crippen LogP contribution in [0.2, 0.25) is 0 Å². The van der Waals surface area contributed by atoms with Crippen molar-refractivity contribution >= 4 is 11.7 Å². The topological polar surface area (TPSA) is 40.5 Å². The summed E-state index contributed by atoms with van der Waals surface area (Å²) in [5, 5.41) is 8.96. The first-order chi connectivity index (χ1) is 7.61. The molecule has 0 aliphatic carbocycles. The summed E-state index contributed by atoms with van der Waals surface area (Å²) in [6, 6.07) is 4.47. The first-order valence-electron chi connectivity index (χ1n) is 5.11. The number of carboxylic acid groups (broad SMARTS) is 1. The lowest BCUT2D eigenvalue weighted by Gasteiger charge is -2.27. The molecule has 0 amide bonds. The molecule has 0 bridgehead atoms. The van der Waals surface area contributed by atoms with Gasteiger partial charge in [-0.25, -0.2) is 9.18 Å². The average molecular weight is 221 g/mol. The number of aliphatic carboxylic acids is 1. The van der Waals surface area contributed by atoms with E-state index < -0.39 is 5.97 Å². The highest BCUT2D eigenvalue weighted by molar-refractivity contribution is 5.89. The number of anilines is 1. The Morgan fingerprint density at radius 3 is 2.94 bits per heavy atom. The molecule has 1 aromatic carbocycles. The molecule has 4 heteroatoms. The van der Waals surface area contributed by atoms with E-state index in [4.69, 9.17) is 5.11 Å². The van der Waals surface area contributed by atoms with E-state index in [2.05, 4.69) is 0 Å². The van der Waals surface area contributed by atoms with Crippen molar-refractivity contribution in [3.63, 3.8) is 0 Å². The van der Waals surface area contributed by atoms with Crippen molar-refractivity contribution in [3.05, 3.63) is 41.4 Å². The largest absolute Gasteiger partial charge is 0.478 e. The van der Waals surface area contributed by atoms with Crippen LogP contribution >= 0.6 is 0 Å². The van der Waals surface area contributed by atoms with Gasteiger partial charge in [-0.2, -0.15) is 0 Å². The molecule has 0 saturated heterocycles. The molecule has 16 heavy (non-hydrogen) atoms. The number of benzene rings is 1.